The highest BCUT2D eigenvalue weighted by Gasteiger charge is 2.31. The molecule has 140 valence electrons. The minimum Gasteiger partial charge on any atom is -0.507 e. The molecule has 2 nitrogen and oxygen atoms in total. The summed E-state index contributed by atoms with van der Waals surface area (Å²) in [5.41, 5.74) is 3.14. The van der Waals surface area contributed by atoms with Crippen LogP contribution in [0, 0.1) is 11.8 Å². The van der Waals surface area contributed by atoms with Gasteiger partial charge in [-0.25, -0.2) is 0 Å². The smallest absolute Gasteiger partial charge is 0.123 e. The molecule has 1 aliphatic carbocycles. The molecule has 0 spiro atoms. The predicted molar refractivity (Wildman–Crippen MR) is 106 cm³/mol. The lowest BCUT2D eigenvalue weighted by atomic mass is 9.71. The maximum atomic E-state index is 10.7. The van der Waals surface area contributed by atoms with E-state index < -0.39 is 0 Å². The lowest BCUT2D eigenvalue weighted by Crippen LogP contribution is -2.21. The Morgan fingerprint density at radius 3 is 2.28 bits per heavy atom. The third kappa shape index (κ3) is 5.26. The molecule has 0 fully saturated rings. The molecule has 0 amide bonds. The van der Waals surface area contributed by atoms with E-state index in [1.807, 2.05) is 12.1 Å². The number of hydrogen-bond donors (Lipinski definition) is 2. The van der Waals surface area contributed by atoms with Crippen molar-refractivity contribution in [1.29, 1.82) is 0 Å². The van der Waals surface area contributed by atoms with Crippen molar-refractivity contribution in [2.45, 2.75) is 85.0 Å². The van der Waals surface area contributed by atoms with Crippen LogP contribution < -0.4 is 0 Å². The maximum absolute atomic E-state index is 10.7. The van der Waals surface area contributed by atoms with Gasteiger partial charge in [0.05, 0.1) is 0 Å². The highest BCUT2D eigenvalue weighted by atomic mass is 16.3. The fourth-order valence-corrected chi connectivity index (χ4v) is 4.23. The van der Waals surface area contributed by atoms with Crippen molar-refractivity contribution >= 4 is 0 Å². The Labute approximate surface area is 154 Å². The van der Waals surface area contributed by atoms with Crippen molar-refractivity contribution in [3.05, 3.63) is 34.9 Å². The first-order valence-corrected chi connectivity index (χ1v) is 10.2. The number of rotatable bonds is 8. The summed E-state index contributed by atoms with van der Waals surface area (Å²) in [6, 6.07) is 3.76. The van der Waals surface area contributed by atoms with E-state index in [4.69, 9.17) is 0 Å². The molecule has 0 aromatic heterocycles. The molecule has 25 heavy (non-hydrogen) atoms. The molecule has 2 rings (SSSR count). The van der Waals surface area contributed by atoms with Crippen LogP contribution in [0.15, 0.2) is 23.8 Å². The first kappa shape index (κ1) is 19.9. The van der Waals surface area contributed by atoms with Gasteiger partial charge in [-0.05, 0) is 62.1 Å². The summed E-state index contributed by atoms with van der Waals surface area (Å²) >= 11 is 0. The van der Waals surface area contributed by atoms with E-state index in [-0.39, 0.29) is 17.4 Å². The molecule has 0 saturated carbocycles. The summed E-state index contributed by atoms with van der Waals surface area (Å²) in [6.45, 7) is 8.86. The van der Waals surface area contributed by atoms with Gasteiger partial charge in [0.2, 0.25) is 0 Å². The van der Waals surface area contributed by atoms with Gasteiger partial charge < -0.3 is 10.2 Å². The zero-order valence-electron chi connectivity index (χ0n) is 16.5. The molecule has 0 heterocycles. The average molecular weight is 345 g/mol. The van der Waals surface area contributed by atoms with E-state index in [1.165, 1.54) is 31.3 Å². The van der Waals surface area contributed by atoms with Crippen molar-refractivity contribution in [3.63, 3.8) is 0 Å². The first-order valence-electron chi connectivity index (χ1n) is 10.2. The van der Waals surface area contributed by atoms with Crippen LogP contribution >= 0.6 is 0 Å². The number of phenols is 2. The van der Waals surface area contributed by atoms with Crippen LogP contribution in [0.25, 0.3) is 0 Å². The predicted octanol–water partition coefficient (Wildman–Crippen LogP) is 6.71. The lowest BCUT2D eigenvalue weighted by molar-refractivity contribution is 0.304. The number of benzene rings is 1. The van der Waals surface area contributed by atoms with Crippen LogP contribution in [0.1, 0.15) is 89.7 Å². The van der Waals surface area contributed by atoms with Crippen LogP contribution in [-0.2, 0) is 6.42 Å². The van der Waals surface area contributed by atoms with Gasteiger partial charge in [0.25, 0.3) is 0 Å². The molecule has 0 aliphatic heterocycles. The normalized spacial score (nSPS) is 20.8. The summed E-state index contributed by atoms with van der Waals surface area (Å²) in [4.78, 5) is 0. The topological polar surface area (TPSA) is 40.5 Å². The summed E-state index contributed by atoms with van der Waals surface area (Å²) in [5, 5.41) is 21.3. The summed E-state index contributed by atoms with van der Waals surface area (Å²) in [7, 11) is 0. The Morgan fingerprint density at radius 2 is 1.68 bits per heavy atom. The van der Waals surface area contributed by atoms with Gasteiger partial charge >= 0.3 is 0 Å². The second-order valence-corrected chi connectivity index (χ2v) is 8.20. The number of hydrogen-bond acceptors (Lipinski definition) is 2. The highest BCUT2D eigenvalue weighted by Crippen LogP contribution is 2.46. The molecule has 0 radical (unpaired) electrons. The van der Waals surface area contributed by atoms with Crippen LogP contribution in [0.4, 0.5) is 0 Å². The summed E-state index contributed by atoms with van der Waals surface area (Å²) in [5.74, 6) is 1.66. The van der Waals surface area contributed by atoms with E-state index in [1.54, 1.807) is 0 Å². The van der Waals surface area contributed by atoms with Crippen molar-refractivity contribution in [1.82, 2.24) is 0 Å². The zero-order valence-corrected chi connectivity index (χ0v) is 16.5. The van der Waals surface area contributed by atoms with Gasteiger partial charge in [0.15, 0.2) is 0 Å². The van der Waals surface area contributed by atoms with Gasteiger partial charge in [-0.2, -0.15) is 0 Å². The summed E-state index contributed by atoms with van der Waals surface area (Å²) < 4.78 is 0. The zero-order chi connectivity index (χ0) is 18.4. The Balaban J connectivity index is 2.17. The minimum atomic E-state index is 0.118. The molecular formula is C23H36O2. The molecular weight excluding hydrogens is 308 g/mol. The summed E-state index contributed by atoms with van der Waals surface area (Å²) in [6.07, 6.45) is 11.6. The van der Waals surface area contributed by atoms with E-state index >= 15 is 0 Å². The van der Waals surface area contributed by atoms with Crippen LogP contribution in [0.3, 0.4) is 0 Å². The quantitative estimate of drug-likeness (QED) is 0.406. The second-order valence-electron chi connectivity index (χ2n) is 8.20. The van der Waals surface area contributed by atoms with Crippen LogP contribution in [0.2, 0.25) is 0 Å². The standard InChI is InChI=1S/C23H36O2/c1-5-6-7-8-9-10-18-14-21(24)23(22(25)15-18)20-13-17(4)11-12-19(20)16(2)3/h13-16,19-20,24-25H,5-12H2,1-4H3. The number of allylic oxidation sites excluding steroid dienone is 2. The largest absolute Gasteiger partial charge is 0.507 e. The minimum absolute atomic E-state index is 0.118. The Bertz CT molecular complexity index is 563. The van der Waals surface area contributed by atoms with Crippen molar-refractivity contribution in [2.75, 3.05) is 0 Å². The van der Waals surface area contributed by atoms with Crippen molar-refractivity contribution < 1.29 is 10.2 Å². The molecule has 1 aromatic rings. The van der Waals surface area contributed by atoms with Crippen LogP contribution in [0.5, 0.6) is 11.5 Å². The fourth-order valence-electron chi connectivity index (χ4n) is 4.23. The van der Waals surface area contributed by atoms with Crippen molar-refractivity contribution in [2.24, 2.45) is 11.8 Å². The van der Waals surface area contributed by atoms with Crippen LogP contribution in [-0.4, -0.2) is 10.2 Å². The van der Waals surface area contributed by atoms with E-state index in [2.05, 4.69) is 33.8 Å². The van der Waals surface area contributed by atoms with Gasteiger partial charge in [0.1, 0.15) is 11.5 Å². The van der Waals surface area contributed by atoms with Gasteiger partial charge in [-0.3, -0.25) is 0 Å². The van der Waals surface area contributed by atoms with Gasteiger partial charge in [-0.15, -0.1) is 0 Å². The third-order valence-electron chi connectivity index (χ3n) is 5.75. The molecule has 1 aliphatic rings. The molecule has 2 atom stereocenters. The van der Waals surface area contributed by atoms with E-state index in [0.717, 1.165) is 36.8 Å². The van der Waals surface area contributed by atoms with E-state index in [0.29, 0.717) is 11.8 Å². The second kappa shape index (κ2) is 9.31. The Hall–Kier alpha value is -1.44. The molecule has 0 saturated heterocycles. The third-order valence-corrected chi connectivity index (χ3v) is 5.75. The Kier molecular flexibility index (Phi) is 7.40. The van der Waals surface area contributed by atoms with E-state index in [9.17, 15) is 10.2 Å². The maximum Gasteiger partial charge on any atom is 0.123 e. The molecule has 2 unspecified atom stereocenters. The lowest BCUT2D eigenvalue weighted by Gasteiger charge is -2.33. The van der Waals surface area contributed by atoms with Gasteiger partial charge in [0, 0.05) is 11.5 Å². The first-order chi connectivity index (χ1) is 11.9. The Morgan fingerprint density at radius 1 is 1.04 bits per heavy atom. The number of phenolic OH excluding ortho intramolecular Hbond substituents is 2. The average Bonchev–Trinajstić information content (AvgIpc) is 2.54. The number of aromatic hydroxyl groups is 2. The van der Waals surface area contributed by atoms with Crippen molar-refractivity contribution in [3.8, 4) is 11.5 Å². The molecule has 0 bridgehead atoms. The molecule has 1 aromatic carbocycles. The number of aryl methyl sites for hydroxylation is 1. The van der Waals surface area contributed by atoms with Gasteiger partial charge in [-0.1, -0.05) is 58.1 Å². The highest BCUT2D eigenvalue weighted by molar-refractivity contribution is 5.51. The molecule has 2 heteroatoms. The monoisotopic (exact) mass is 344 g/mol. The number of unbranched alkanes of at least 4 members (excludes halogenated alkanes) is 4. The fraction of sp³-hybridized carbons (Fsp3) is 0.652. The SMILES string of the molecule is CCCCCCCc1cc(O)c(C2C=C(C)CCC2C(C)C)c(O)c1. The molecule has 2 N–H and O–H groups in total.